The van der Waals surface area contributed by atoms with Gasteiger partial charge >= 0.3 is 0 Å². The normalized spacial score (nSPS) is 11.5. The van der Waals surface area contributed by atoms with Crippen LogP contribution in [0.4, 0.5) is 4.39 Å². The third-order valence-corrected chi connectivity index (χ3v) is 3.00. The van der Waals surface area contributed by atoms with Crippen LogP contribution in [0.5, 0.6) is 0 Å². The molecule has 0 saturated carbocycles. The minimum absolute atomic E-state index is 0.178. The third kappa shape index (κ3) is 4.04. The number of halogens is 1. The van der Waals surface area contributed by atoms with Crippen LogP contribution in [0.15, 0.2) is 29.2 Å². The number of carbonyl (C=O) groups is 1. The van der Waals surface area contributed by atoms with Crippen molar-refractivity contribution in [2.24, 2.45) is 5.41 Å². The minimum atomic E-state index is -0.319. The first-order chi connectivity index (χ1) is 6.89. The molecule has 1 nitrogen and oxygen atoms in total. The van der Waals surface area contributed by atoms with E-state index < -0.39 is 0 Å². The van der Waals surface area contributed by atoms with Gasteiger partial charge in [0.15, 0.2) is 0 Å². The van der Waals surface area contributed by atoms with Gasteiger partial charge in [-0.2, -0.15) is 0 Å². The fourth-order valence-electron chi connectivity index (χ4n) is 0.922. The molecule has 1 rings (SSSR count). The van der Waals surface area contributed by atoms with Crippen molar-refractivity contribution in [3.05, 3.63) is 30.1 Å². The van der Waals surface area contributed by atoms with Crippen molar-refractivity contribution in [3.8, 4) is 0 Å². The molecule has 0 amide bonds. The number of carbonyl (C=O) groups excluding carboxylic acids is 1. The Hall–Kier alpha value is -0.830. The van der Waals surface area contributed by atoms with Crippen molar-refractivity contribution in [2.75, 3.05) is 5.75 Å². The molecule has 0 fully saturated rings. The minimum Gasteiger partial charge on any atom is -0.298 e. The molecule has 0 saturated heterocycles. The molecule has 0 aromatic heterocycles. The molecular weight excluding hydrogens is 211 g/mol. The van der Waals surface area contributed by atoms with Gasteiger partial charge in [0.05, 0.1) is 5.75 Å². The molecule has 0 spiro atoms. The average molecular weight is 226 g/mol. The second-order valence-corrected chi connectivity index (χ2v) is 5.47. The molecule has 0 aliphatic carbocycles. The third-order valence-electron chi connectivity index (χ3n) is 2.00. The zero-order valence-corrected chi connectivity index (χ0v) is 10.0. The number of thioether (sulfide) groups is 1. The van der Waals surface area contributed by atoms with Gasteiger partial charge in [-0.15, -0.1) is 11.8 Å². The maximum Gasteiger partial charge on any atom is 0.148 e. The Bertz CT molecular complexity index is 355. The molecule has 0 aliphatic rings. The summed E-state index contributed by atoms with van der Waals surface area (Å²) in [7, 11) is 0. The molecule has 0 radical (unpaired) electrons. The number of Topliss-reactive ketones (excluding diaryl/α,β-unsaturated/α-hetero) is 1. The van der Waals surface area contributed by atoms with Crippen LogP contribution in [0.25, 0.3) is 0 Å². The molecule has 0 aliphatic heterocycles. The molecule has 3 heteroatoms. The van der Waals surface area contributed by atoms with Gasteiger partial charge in [-0.3, -0.25) is 4.79 Å². The van der Waals surface area contributed by atoms with Crippen LogP contribution in [0.3, 0.4) is 0 Å². The second kappa shape index (κ2) is 4.79. The highest BCUT2D eigenvalue weighted by atomic mass is 32.2. The van der Waals surface area contributed by atoms with E-state index in [9.17, 15) is 9.18 Å². The van der Waals surface area contributed by atoms with E-state index in [-0.39, 0.29) is 17.0 Å². The average Bonchev–Trinajstić information content (AvgIpc) is 2.12. The molecule has 0 unspecified atom stereocenters. The topological polar surface area (TPSA) is 17.1 Å². The first kappa shape index (κ1) is 12.2. The smallest absolute Gasteiger partial charge is 0.148 e. The van der Waals surface area contributed by atoms with Crippen LogP contribution in [-0.4, -0.2) is 11.5 Å². The van der Waals surface area contributed by atoms with Gasteiger partial charge in [-0.1, -0.05) is 26.8 Å². The van der Waals surface area contributed by atoms with Crippen LogP contribution in [0.1, 0.15) is 20.8 Å². The van der Waals surface area contributed by atoms with E-state index in [1.54, 1.807) is 6.07 Å². The molecule has 15 heavy (non-hydrogen) atoms. The zero-order valence-electron chi connectivity index (χ0n) is 9.21. The van der Waals surface area contributed by atoms with E-state index in [1.165, 1.54) is 23.9 Å². The van der Waals surface area contributed by atoms with E-state index in [1.807, 2.05) is 26.8 Å². The fraction of sp³-hybridized carbons (Fsp3) is 0.417. The maximum absolute atomic E-state index is 12.8. The molecule has 0 atom stereocenters. The largest absolute Gasteiger partial charge is 0.298 e. The Kier molecular flexibility index (Phi) is 3.91. The quantitative estimate of drug-likeness (QED) is 0.733. The number of ketones is 1. The molecule has 82 valence electrons. The van der Waals surface area contributed by atoms with Crippen molar-refractivity contribution < 1.29 is 9.18 Å². The molecule has 0 N–H and O–H groups in total. The zero-order chi connectivity index (χ0) is 11.5. The Balaban J connectivity index is 2.55. The molecule has 0 bridgehead atoms. The van der Waals surface area contributed by atoms with Crippen LogP contribution < -0.4 is 0 Å². The summed E-state index contributed by atoms with van der Waals surface area (Å²) >= 11 is 1.38. The Morgan fingerprint density at radius 3 is 2.60 bits per heavy atom. The summed E-state index contributed by atoms with van der Waals surface area (Å²) in [6.07, 6.45) is 0. The standard InChI is InChI=1S/C12H15FOS/c1-12(2,3)11(14)8-15-10-6-4-5-9(13)7-10/h4-7H,8H2,1-3H3. The van der Waals surface area contributed by atoms with E-state index >= 15 is 0 Å². The maximum atomic E-state index is 12.8. The number of benzene rings is 1. The highest BCUT2D eigenvalue weighted by Crippen LogP contribution is 2.23. The summed E-state index contributed by atoms with van der Waals surface area (Å²) < 4.78 is 12.8. The van der Waals surface area contributed by atoms with E-state index in [0.29, 0.717) is 5.75 Å². The van der Waals surface area contributed by atoms with Crippen LogP contribution in [-0.2, 0) is 4.79 Å². The van der Waals surface area contributed by atoms with Crippen molar-refractivity contribution >= 4 is 17.5 Å². The molecule has 1 aromatic carbocycles. The summed E-state index contributed by atoms with van der Waals surface area (Å²) in [5, 5.41) is 0. The first-order valence-corrected chi connectivity index (χ1v) is 5.80. The lowest BCUT2D eigenvalue weighted by atomic mass is 9.92. The van der Waals surface area contributed by atoms with Crippen LogP contribution in [0, 0.1) is 11.2 Å². The second-order valence-electron chi connectivity index (χ2n) is 4.42. The van der Waals surface area contributed by atoms with E-state index in [0.717, 1.165) is 4.90 Å². The Labute approximate surface area is 94.1 Å². The van der Waals surface area contributed by atoms with Crippen molar-refractivity contribution in [2.45, 2.75) is 25.7 Å². The lowest BCUT2D eigenvalue weighted by molar-refractivity contribution is -0.123. The Morgan fingerprint density at radius 1 is 1.40 bits per heavy atom. The summed E-state index contributed by atoms with van der Waals surface area (Å²) in [5.74, 6) is 0.312. The van der Waals surface area contributed by atoms with Gasteiger partial charge in [0.25, 0.3) is 0 Å². The predicted molar refractivity (Wildman–Crippen MR) is 61.6 cm³/mol. The van der Waals surface area contributed by atoms with Gasteiger partial charge in [-0.05, 0) is 18.2 Å². The van der Waals surface area contributed by atoms with E-state index in [4.69, 9.17) is 0 Å². The summed E-state index contributed by atoms with van der Waals surface area (Å²) in [6.45, 7) is 5.67. The number of hydrogen-bond donors (Lipinski definition) is 0. The van der Waals surface area contributed by atoms with Gasteiger partial charge in [0.1, 0.15) is 11.6 Å². The molecule has 0 heterocycles. The molecular formula is C12H15FOS. The highest BCUT2D eigenvalue weighted by molar-refractivity contribution is 8.00. The van der Waals surface area contributed by atoms with Gasteiger partial charge in [0.2, 0.25) is 0 Å². The van der Waals surface area contributed by atoms with Crippen LogP contribution >= 0.6 is 11.8 Å². The number of hydrogen-bond acceptors (Lipinski definition) is 2. The predicted octanol–water partition coefficient (Wildman–Crippen LogP) is 3.53. The van der Waals surface area contributed by atoms with Crippen molar-refractivity contribution in [1.82, 2.24) is 0 Å². The van der Waals surface area contributed by atoms with Crippen LogP contribution in [0.2, 0.25) is 0 Å². The fourth-order valence-corrected chi connectivity index (χ4v) is 2.02. The van der Waals surface area contributed by atoms with Gasteiger partial charge < -0.3 is 0 Å². The van der Waals surface area contributed by atoms with Crippen molar-refractivity contribution in [3.63, 3.8) is 0 Å². The van der Waals surface area contributed by atoms with Gasteiger partial charge in [-0.25, -0.2) is 4.39 Å². The summed E-state index contributed by atoms with van der Waals surface area (Å²) in [5.41, 5.74) is -0.319. The van der Waals surface area contributed by atoms with E-state index in [2.05, 4.69) is 0 Å². The lowest BCUT2D eigenvalue weighted by Crippen LogP contribution is -2.21. The SMILES string of the molecule is CC(C)(C)C(=O)CSc1cccc(F)c1. The first-order valence-electron chi connectivity index (χ1n) is 4.81. The molecule has 1 aromatic rings. The summed E-state index contributed by atoms with van der Waals surface area (Å²) in [6, 6.07) is 6.30. The summed E-state index contributed by atoms with van der Waals surface area (Å²) in [4.78, 5) is 12.4. The van der Waals surface area contributed by atoms with Crippen molar-refractivity contribution in [1.29, 1.82) is 0 Å². The number of rotatable bonds is 3. The Morgan fingerprint density at radius 2 is 2.07 bits per heavy atom. The van der Waals surface area contributed by atoms with Gasteiger partial charge in [0, 0.05) is 10.3 Å². The monoisotopic (exact) mass is 226 g/mol. The lowest BCUT2D eigenvalue weighted by Gasteiger charge is -2.15. The highest BCUT2D eigenvalue weighted by Gasteiger charge is 2.20.